The second-order valence-corrected chi connectivity index (χ2v) is 6.84. The molecule has 2 aliphatic carbocycles. The van der Waals surface area contributed by atoms with Gasteiger partial charge in [0.15, 0.2) is 0 Å². The monoisotopic (exact) mass is 293 g/mol. The molecule has 1 N–H and O–H groups in total. The minimum absolute atomic E-state index is 0.0883. The van der Waals surface area contributed by atoms with Gasteiger partial charge < -0.3 is 10.2 Å². The van der Waals surface area contributed by atoms with Gasteiger partial charge in [-0.1, -0.05) is 6.42 Å². The zero-order valence-corrected chi connectivity index (χ0v) is 13.0. The quantitative estimate of drug-likeness (QED) is 0.830. The highest BCUT2D eigenvalue weighted by atomic mass is 16.2. The number of carbonyl (C=O) groups is 2. The van der Waals surface area contributed by atoms with Crippen LogP contribution in [0.15, 0.2) is 0 Å². The minimum Gasteiger partial charge on any atom is -0.355 e. The third-order valence-electron chi connectivity index (χ3n) is 5.48. The molecule has 0 aromatic heterocycles. The molecular formula is C16H27N3O2. The molecule has 5 heteroatoms. The van der Waals surface area contributed by atoms with Gasteiger partial charge in [0.25, 0.3) is 0 Å². The van der Waals surface area contributed by atoms with Crippen LogP contribution in [0.1, 0.15) is 32.6 Å². The van der Waals surface area contributed by atoms with Crippen molar-refractivity contribution in [3.8, 4) is 0 Å². The van der Waals surface area contributed by atoms with Crippen molar-refractivity contribution in [2.75, 3.05) is 39.3 Å². The van der Waals surface area contributed by atoms with Crippen molar-refractivity contribution in [1.29, 1.82) is 0 Å². The second-order valence-electron chi connectivity index (χ2n) is 6.84. The van der Waals surface area contributed by atoms with Gasteiger partial charge in [-0.15, -0.1) is 0 Å². The molecule has 2 amide bonds. The number of hydrogen-bond acceptors (Lipinski definition) is 3. The molecule has 0 radical (unpaired) electrons. The summed E-state index contributed by atoms with van der Waals surface area (Å²) in [6.45, 7) is 6.29. The summed E-state index contributed by atoms with van der Waals surface area (Å²) in [7, 11) is 0. The molecule has 3 atom stereocenters. The number of nitrogens with zero attached hydrogens (tertiary/aromatic N) is 2. The van der Waals surface area contributed by atoms with E-state index in [1.807, 2.05) is 11.8 Å². The van der Waals surface area contributed by atoms with Crippen LogP contribution in [0.3, 0.4) is 0 Å². The third kappa shape index (κ3) is 3.23. The minimum atomic E-state index is 0.0883. The summed E-state index contributed by atoms with van der Waals surface area (Å²) in [6, 6.07) is 0. The number of likely N-dealkylation sites (N-methyl/N-ethyl adjacent to an activating group) is 1. The predicted molar refractivity (Wildman–Crippen MR) is 80.6 cm³/mol. The Kier molecular flexibility index (Phi) is 4.48. The maximum absolute atomic E-state index is 12.6. The van der Waals surface area contributed by atoms with E-state index in [0.717, 1.165) is 38.5 Å². The molecule has 5 nitrogen and oxygen atoms in total. The Bertz CT molecular complexity index is 404. The lowest BCUT2D eigenvalue weighted by atomic mass is 9.87. The van der Waals surface area contributed by atoms with Crippen molar-refractivity contribution in [3.63, 3.8) is 0 Å². The van der Waals surface area contributed by atoms with Gasteiger partial charge in [0, 0.05) is 38.6 Å². The maximum atomic E-state index is 12.6. The Labute approximate surface area is 127 Å². The van der Waals surface area contributed by atoms with Crippen LogP contribution in [0.5, 0.6) is 0 Å². The second kappa shape index (κ2) is 6.34. The zero-order chi connectivity index (χ0) is 14.8. The van der Waals surface area contributed by atoms with Crippen LogP contribution in [0, 0.1) is 17.8 Å². The number of piperazine rings is 1. The first kappa shape index (κ1) is 14.8. The lowest BCUT2D eigenvalue weighted by Gasteiger charge is -2.37. The Hall–Kier alpha value is -1.10. The number of hydrogen-bond donors (Lipinski definition) is 1. The van der Waals surface area contributed by atoms with E-state index >= 15 is 0 Å². The summed E-state index contributed by atoms with van der Waals surface area (Å²) >= 11 is 0. The number of rotatable bonds is 4. The lowest BCUT2D eigenvalue weighted by Crippen LogP contribution is -2.52. The molecule has 1 aliphatic heterocycles. The summed E-state index contributed by atoms with van der Waals surface area (Å²) in [4.78, 5) is 28.4. The lowest BCUT2D eigenvalue weighted by molar-refractivity contribution is -0.139. The molecule has 1 heterocycles. The zero-order valence-electron chi connectivity index (χ0n) is 13.0. The molecule has 0 aromatic rings. The molecule has 1 saturated heterocycles. The number of fused-ring (bicyclic) bond motifs is 2. The number of amides is 2. The molecule has 2 bridgehead atoms. The van der Waals surface area contributed by atoms with Gasteiger partial charge in [-0.05, 0) is 38.0 Å². The van der Waals surface area contributed by atoms with Gasteiger partial charge in [0.1, 0.15) is 0 Å². The fourth-order valence-corrected chi connectivity index (χ4v) is 4.36. The van der Waals surface area contributed by atoms with Gasteiger partial charge in [0.2, 0.25) is 11.8 Å². The van der Waals surface area contributed by atoms with E-state index < -0.39 is 0 Å². The number of nitrogens with one attached hydrogen (secondary N) is 1. The molecule has 0 aromatic carbocycles. The largest absolute Gasteiger partial charge is 0.355 e. The molecule has 0 unspecified atom stereocenters. The van der Waals surface area contributed by atoms with Gasteiger partial charge in [-0.3, -0.25) is 14.5 Å². The van der Waals surface area contributed by atoms with E-state index in [1.165, 1.54) is 19.3 Å². The highest BCUT2D eigenvalue weighted by Gasteiger charge is 2.44. The van der Waals surface area contributed by atoms with Gasteiger partial charge in [-0.25, -0.2) is 0 Å². The average Bonchev–Trinajstić information content (AvgIpc) is 3.10. The average molecular weight is 293 g/mol. The van der Waals surface area contributed by atoms with Crippen molar-refractivity contribution in [2.45, 2.75) is 32.6 Å². The van der Waals surface area contributed by atoms with Gasteiger partial charge >= 0.3 is 0 Å². The summed E-state index contributed by atoms with van der Waals surface area (Å²) in [6.07, 6.45) is 5.02. The van der Waals surface area contributed by atoms with E-state index in [2.05, 4.69) is 10.2 Å². The van der Waals surface area contributed by atoms with Crippen LogP contribution in [0.2, 0.25) is 0 Å². The Morgan fingerprint density at radius 3 is 2.43 bits per heavy atom. The maximum Gasteiger partial charge on any atom is 0.234 e. The molecule has 3 fully saturated rings. The first-order valence-electron chi connectivity index (χ1n) is 8.45. The molecule has 2 saturated carbocycles. The predicted octanol–water partition coefficient (Wildman–Crippen LogP) is 0.703. The smallest absolute Gasteiger partial charge is 0.234 e. The standard InChI is InChI=1S/C16H27N3O2/c1-2-17-15(20)11-18-5-7-19(8-6-18)16(21)14-10-12-3-4-13(14)9-12/h12-14H,2-11H2,1H3,(H,17,20)/t12-,13-,14-/m0/s1. The molecule has 3 aliphatic rings. The van der Waals surface area contributed by atoms with E-state index in [-0.39, 0.29) is 5.91 Å². The van der Waals surface area contributed by atoms with Crippen LogP contribution in [-0.2, 0) is 9.59 Å². The van der Waals surface area contributed by atoms with Crippen molar-refractivity contribution < 1.29 is 9.59 Å². The fraction of sp³-hybridized carbons (Fsp3) is 0.875. The summed E-state index contributed by atoms with van der Waals surface area (Å²) in [5, 5.41) is 2.83. The first-order chi connectivity index (χ1) is 10.2. The molecule has 3 rings (SSSR count). The Balaban J connectivity index is 1.45. The summed E-state index contributed by atoms with van der Waals surface area (Å²) in [5.41, 5.74) is 0. The highest BCUT2D eigenvalue weighted by Crippen LogP contribution is 2.48. The van der Waals surface area contributed by atoms with E-state index in [9.17, 15) is 9.59 Å². The molecule has 0 spiro atoms. The van der Waals surface area contributed by atoms with Gasteiger partial charge in [0.05, 0.1) is 6.54 Å². The van der Waals surface area contributed by atoms with Crippen LogP contribution >= 0.6 is 0 Å². The van der Waals surface area contributed by atoms with E-state index in [0.29, 0.717) is 30.8 Å². The highest BCUT2D eigenvalue weighted by molar-refractivity contribution is 5.80. The molecular weight excluding hydrogens is 266 g/mol. The summed E-state index contributed by atoms with van der Waals surface area (Å²) < 4.78 is 0. The van der Waals surface area contributed by atoms with E-state index in [4.69, 9.17) is 0 Å². The summed E-state index contributed by atoms with van der Waals surface area (Å²) in [5.74, 6) is 2.27. The first-order valence-corrected chi connectivity index (χ1v) is 8.45. The van der Waals surface area contributed by atoms with Crippen molar-refractivity contribution in [1.82, 2.24) is 15.1 Å². The van der Waals surface area contributed by atoms with E-state index in [1.54, 1.807) is 0 Å². The van der Waals surface area contributed by atoms with Crippen molar-refractivity contribution in [3.05, 3.63) is 0 Å². The molecule has 21 heavy (non-hydrogen) atoms. The molecule has 118 valence electrons. The topological polar surface area (TPSA) is 52.7 Å². The van der Waals surface area contributed by atoms with Crippen molar-refractivity contribution in [2.24, 2.45) is 17.8 Å². The van der Waals surface area contributed by atoms with Crippen LogP contribution in [-0.4, -0.2) is 60.9 Å². The normalized spacial score (nSPS) is 32.4. The Morgan fingerprint density at radius 1 is 1.10 bits per heavy atom. The fourth-order valence-electron chi connectivity index (χ4n) is 4.36. The van der Waals surface area contributed by atoms with Crippen LogP contribution in [0.25, 0.3) is 0 Å². The van der Waals surface area contributed by atoms with Crippen molar-refractivity contribution >= 4 is 11.8 Å². The van der Waals surface area contributed by atoms with Crippen LogP contribution in [0.4, 0.5) is 0 Å². The third-order valence-corrected chi connectivity index (χ3v) is 5.48. The van der Waals surface area contributed by atoms with Gasteiger partial charge in [-0.2, -0.15) is 0 Å². The Morgan fingerprint density at radius 2 is 1.86 bits per heavy atom. The number of carbonyl (C=O) groups excluding carboxylic acids is 2. The van der Waals surface area contributed by atoms with Crippen LogP contribution < -0.4 is 5.32 Å². The SMILES string of the molecule is CCNC(=O)CN1CCN(C(=O)[C@H]2C[C@H]3CC[C@H]2C3)CC1.